The predicted molar refractivity (Wildman–Crippen MR) is 126 cm³/mol. The lowest BCUT2D eigenvalue weighted by molar-refractivity contribution is -0.139. The van der Waals surface area contributed by atoms with E-state index in [0.717, 1.165) is 19.3 Å². The maximum atomic E-state index is 13.5. The SMILES string of the molecule is COc1cc(/C=C2\C(=O)NC(=O)N([C@H](C)C34CC5CC(CC(C5)C3)C4)C2=O)cc(I)c1O. The van der Waals surface area contributed by atoms with Crippen molar-refractivity contribution in [1.82, 2.24) is 10.2 Å². The van der Waals surface area contributed by atoms with E-state index in [2.05, 4.69) is 5.32 Å². The minimum atomic E-state index is -0.698. The molecule has 1 aromatic carbocycles. The first-order valence-corrected chi connectivity index (χ1v) is 12.3. The maximum absolute atomic E-state index is 13.5. The van der Waals surface area contributed by atoms with Gasteiger partial charge in [0.05, 0.1) is 10.7 Å². The monoisotopic (exact) mass is 550 g/mol. The van der Waals surface area contributed by atoms with Crippen LogP contribution in [0.3, 0.4) is 0 Å². The van der Waals surface area contributed by atoms with Crippen LogP contribution in [0.1, 0.15) is 51.0 Å². The van der Waals surface area contributed by atoms with Gasteiger partial charge in [-0.05, 0) is 115 Å². The predicted octanol–water partition coefficient (Wildman–Crippen LogP) is 4.07. The molecule has 1 saturated heterocycles. The lowest BCUT2D eigenvalue weighted by Gasteiger charge is -2.60. The van der Waals surface area contributed by atoms with Gasteiger partial charge in [-0.2, -0.15) is 0 Å². The van der Waals surface area contributed by atoms with Gasteiger partial charge in [0.25, 0.3) is 11.8 Å². The Morgan fingerprint density at radius 1 is 1.16 bits per heavy atom. The average molecular weight is 550 g/mol. The van der Waals surface area contributed by atoms with Crippen molar-refractivity contribution in [2.75, 3.05) is 7.11 Å². The number of urea groups is 1. The van der Waals surface area contributed by atoms with E-state index >= 15 is 0 Å². The Kier molecular flexibility index (Phi) is 5.26. The van der Waals surface area contributed by atoms with Crippen molar-refractivity contribution < 1.29 is 24.2 Å². The molecule has 2 N–H and O–H groups in total. The quantitative estimate of drug-likeness (QED) is 0.335. The van der Waals surface area contributed by atoms with E-state index < -0.39 is 17.8 Å². The standard InChI is InChI=1S/C24H27IN2O5/c1-12(24-9-14-3-15(10-24)5-16(4-14)11-24)27-22(30)17(21(29)26-23(27)31)6-13-7-18(25)20(28)19(8-13)32-2/h6-8,12,14-16,28H,3-5,9-11H2,1-2H3,(H,26,29,31)/b17-6+/t12-,14?,15?,16?,24?/m1/s1. The molecule has 1 atom stereocenters. The van der Waals surface area contributed by atoms with Crippen LogP contribution in [0.5, 0.6) is 11.5 Å². The molecular formula is C24H27IN2O5. The highest BCUT2D eigenvalue weighted by Gasteiger charge is 2.56. The van der Waals surface area contributed by atoms with Crippen molar-refractivity contribution in [3.8, 4) is 11.5 Å². The number of carbonyl (C=O) groups excluding carboxylic acids is 3. The molecule has 32 heavy (non-hydrogen) atoms. The number of amides is 4. The number of phenols is 1. The van der Waals surface area contributed by atoms with Crippen LogP contribution in [0.15, 0.2) is 17.7 Å². The molecule has 5 fully saturated rings. The molecule has 1 heterocycles. The molecule has 4 amide bonds. The summed E-state index contributed by atoms with van der Waals surface area (Å²) >= 11 is 1.96. The first kappa shape index (κ1) is 21.7. The molecule has 1 aromatic rings. The Bertz CT molecular complexity index is 1010. The number of rotatable bonds is 4. The van der Waals surface area contributed by atoms with E-state index in [0.29, 0.717) is 26.9 Å². The summed E-state index contributed by atoms with van der Waals surface area (Å²) in [6, 6.07) is 2.33. The number of hydrogen-bond donors (Lipinski definition) is 2. The number of aromatic hydroxyl groups is 1. The summed E-state index contributed by atoms with van der Waals surface area (Å²) in [5.74, 6) is 1.07. The van der Waals surface area contributed by atoms with Gasteiger partial charge in [0.1, 0.15) is 5.57 Å². The van der Waals surface area contributed by atoms with Crippen molar-refractivity contribution in [2.24, 2.45) is 23.2 Å². The first-order valence-electron chi connectivity index (χ1n) is 11.2. The average Bonchev–Trinajstić information content (AvgIpc) is 2.72. The lowest BCUT2D eigenvalue weighted by atomic mass is 9.47. The highest BCUT2D eigenvalue weighted by atomic mass is 127. The Morgan fingerprint density at radius 2 is 1.75 bits per heavy atom. The van der Waals surface area contributed by atoms with Gasteiger partial charge in [-0.15, -0.1) is 0 Å². The minimum Gasteiger partial charge on any atom is -0.504 e. The van der Waals surface area contributed by atoms with Crippen molar-refractivity contribution in [2.45, 2.75) is 51.5 Å². The molecule has 4 saturated carbocycles. The number of carbonyl (C=O) groups is 3. The molecule has 7 nitrogen and oxygen atoms in total. The number of benzene rings is 1. The van der Waals surface area contributed by atoms with Crippen molar-refractivity contribution in [3.63, 3.8) is 0 Å². The summed E-state index contributed by atoms with van der Waals surface area (Å²) in [5.41, 5.74) is 0.411. The van der Waals surface area contributed by atoms with Gasteiger partial charge in [0.15, 0.2) is 11.5 Å². The fourth-order valence-corrected chi connectivity index (χ4v) is 7.61. The Hall–Kier alpha value is -2.10. The summed E-state index contributed by atoms with van der Waals surface area (Å²) in [7, 11) is 1.44. The zero-order chi connectivity index (χ0) is 22.8. The second kappa shape index (κ2) is 7.74. The number of hydrogen-bond acceptors (Lipinski definition) is 5. The van der Waals surface area contributed by atoms with Crippen LogP contribution in [0.4, 0.5) is 4.79 Å². The molecule has 0 unspecified atom stereocenters. The molecule has 4 aliphatic carbocycles. The summed E-state index contributed by atoms with van der Waals surface area (Å²) in [5, 5.41) is 12.5. The Morgan fingerprint density at radius 3 is 2.31 bits per heavy atom. The topological polar surface area (TPSA) is 95.9 Å². The van der Waals surface area contributed by atoms with E-state index in [1.807, 2.05) is 29.5 Å². The van der Waals surface area contributed by atoms with Gasteiger partial charge in [0.2, 0.25) is 0 Å². The fourth-order valence-electron chi connectivity index (χ4n) is 6.99. The van der Waals surface area contributed by atoms with Gasteiger partial charge >= 0.3 is 6.03 Å². The number of methoxy groups -OCH3 is 1. The van der Waals surface area contributed by atoms with Crippen molar-refractivity contribution in [3.05, 3.63) is 26.8 Å². The summed E-state index contributed by atoms with van der Waals surface area (Å²) in [6.07, 6.45) is 8.45. The van der Waals surface area contributed by atoms with E-state index in [1.54, 1.807) is 12.1 Å². The van der Waals surface area contributed by atoms with Gasteiger partial charge in [-0.1, -0.05) is 0 Å². The van der Waals surface area contributed by atoms with Crippen LogP contribution >= 0.6 is 22.6 Å². The highest BCUT2D eigenvalue weighted by Crippen LogP contribution is 2.62. The Balaban J connectivity index is 1.48. The van der Waals surface area contributed by atoms with Gasteiger partial charge in [0, 0.05) is 6.04 Å². The summed E-state index contributed by atoms with van der Waals surface area (Å²) in [4.78, 5) is 40.2. The third kappa shape index (κ3) is 3.41. The molecule has 0 radical (unpaired) electrons. The third-order valence-corrected chi connectivity index (χ3v) is 8.90. The van der Waals surface area contributed by atoms with Crippen molar-refractivity contribution in [1.29, 1.82) is 0 Å². The number of ether oxygens (including phenoxy) is 1. The number of phenolic OH excluding ortho intramolecular Hbond substituents is 1. The summed E-state index contributed by atoms with van der Waals surface area (Å²) < 4.78 is 5.72. The van der Waals surface area contributed by atoms with Gasteiger partial charge < -0.3 is 9.84 Å². The van der Waals surface area contributed by atoms with Crippen LogP contribution in [-0.2, 0) is 9.59 Å². The smallest absolute Gasteiger partial charge is 0.331 e. The van der Waals surface area contributed by atoms with Crippen LogP contribution in [0, 0.1) is 26.7 Å². The number of nitrogens with zero attached hydrogens (tertiary/aromatic N) is 1. The fraction of sp³-hybridized carbons (Fsp3) is 0.542. The number of barbiturate groups is 1. The zero-order valence-corrected chi connectivity index (χ0v) is 20.3. The largest absolute Gasteiger partial charge is 0.504 e. The van der Waals surface area contributed by atoms with E-state index in [1.165, 1.54) is 37.3 Å². The molecule has 5 aliphatic rings. The lowest BCUT2D eigenvalue weighted by Crippen LogP contribution is -2.63. The number of imide groups is 2. The van der Waals surface area contributed by atoms with Gasteiger partial charge in [-0.25, -0.2) is 4.79 Å². The highest BCUT2D eigenvalue weighted by molar-refractivity contribution is 14.1. The third-order valence-electron chi connectivity index (χ3n) is 8.07. The second-order valence-electron chi connectivity index (χ2n) is 10.0. The molecular weight excluding hydrogens is 523 g/mol. The summed E-state index contributed by atoms with van der Waals surface area (Å²) in [6.45, 7) is 1.98. The molecule has 170 valence electrons. The molecule has 0 aromatic heterocycles. The normalized spacial score (nSPS) is 33.6. The molecule has 4 bridgehead atoms. The first-order chi connectivity index (χ1) is 15.2. The Labute approximate surface area is 200 Å². The van der Waals surface area contributed by atoms with Crippen LogP contribution in [-0.4, -0.2) is 41.0 Å². The van der Waals surface area contributed by atoms with E-state index in [4.69, 9.17) is 4.74 Å². The molecule has 6 rings (SSSR count). The number of halogens is 1. The second-order valence-corrected chi connectivity index (χ2v) is 11.2. The zero-order valence-electron chi connectivity index (χ0n) is 18.2. The van der Waals surface area contributed by atoms with Crippen LogP contribution < -0.4 is 10.1 Å². The van der Waals surface area contributed by atoms with E-state index in [-0.39, 0.29) is 28.5 Å². The van der Waals surface area contributed by atoms with Crippen LogP contribution in [0.25, 0.3) is 6.08 Å². The van der Waals surface area contributed by atoms with Gasteiger partial charge in [-0.3, -0.25) is 19.8 Å². The van der Waals surface area contributed by atoms with Crippen molar-refractivity contribution >= 4 is 46.5 Å². The van der Waals surface area contributed by atoms with Crippen LogP contribution in [0.2, 0.25) is 0 Å². The number of nitrogens with one attached hydrogen (secondary N) is 1. The molecule has 0 spiro atoms. The molecule has 1 aliphatic heterocycles. The minimum absolute atomic E-state index is 0.00177. The maximum Gasteiger partial charge on any atom is 0.331 e. The molecule has 8 heteroatoms. The van der Waals surface area contributed by atoms with E-state index in [9.17, 15) is 19.5 Å².